The number of hydrogen-bond donors (Lipinski definition) is 3. The molecule has 0 radical (unpaired) electrons. The van der Waals surface area contributed by atoms with Gasteiger partial charge in [-0.2, -0.15) is 0 Å². The smallest absolute Gasteiger partial charge is 0.273 e. The number of benzene rings is 1. The van der Waals surface area contributed by atoms with E-state index >= 15 is 0 Å². The molecule has 1 aromatic carbocycles. The van der Waals surface area contributed by atoms with Crippen LogP contribution in [0.25, 0.3) is 0 Å². The van der Waals surface area contributed by atoms with Gasteiger partial charge in [-0.05, 0) is 51.5 Å². The van der Waals surface area contributed by atoms with Gasteiger partial charge in [0.25, 0.3) is 5.91 Å². The second kappa shape index (κ2) is 7.68. The Morgan fingerprint density at radius 1 is 1.32 bits per heavy atom. The third-order valence-electron chi connectivity index (χ3n) is 3.27. The van der Waals surface area contributed by atoms with E-state index < -0.39 is 0 Å². The molecule has 1 amide bonds. The first kappa shape index (κ1) is 19.6. The summed E-state index contributed by atoms with van der Waals surface area (Å²) in [5.41, 5.74) is 1.86. The lowest BCUT2D eigenvalue weighted by Gasteiger charge is -2.19. The average molecular weight is 385 g/mol. The maximum atomic E-state index is 13.3. The van der Waals surface area contributed by atoms with Gasteiger partial charge >= 0.3 is 0 Å². The Morgan fingerprint density at radius 3 is 2.60 bits per heavy atom. The topological polar surface area (TPSA) is 58.1 Å². The van der Waals surface area contributed by atoms with Gasteiger partial charge in [-0.15, -0.1) is 0 Å². The number of rotatable bonds is 5. The molecule has 25 heavy (non-hydrogen) atoms. The van der Waals surface area contributed by atoms with E-state index in [2.05, 4.69) is 14.8 Å². The lowest BCUT2D eigenvalue weighted by atomic mass is 10.1. The largest absolute Gasteiger partial charge is 0.343 e. The Hall–Kier alpha value is -1.70. The number of anilines is 2. The zero-order chi connectivity index (χ0) is 18.8. The van der Waals surface area contributed by atoms with Gasteiger partial charge in [0.05, 0.1) is 10.7 Å². The zero-order valence-electron chi connectivity index (χ0n) is 14.8. The maximum Gasteiger partial charge on any atom is 0.273 e. The minimum Gasteiger partial charge on any atom is -0.343 e. The van der Waals surface area contributed by atoms with Crippen molar-refractivity contribution >= 4 is 41.0 Å². The molecule has 0 fully saturated rings. The highest BCUT2D eigenvalue weighted by Crippen LogP contribution is 2.30. The van der Waals surface area contributed by atoms with Crippen LogP contribution in [0.2, 0.25) is 5.02 Å². The summed E-state index contributed by atoms with van der Waals surface area (Å²) < 4.78 is 21.3. The highest BCUT2D eigenvalue weighted by molar-refractivity contribution is 7.98. The second-order valence-electron chi connectivity index (χ2n) is 6.79. The first-order chi connectivity index (χ1) is 11.6. The van der Waals surface area contributed by atoms with Crippen LogP contribution < -0.4 is 14.8 Å². The lowest BCUT2D eigenvalue weighted by molar-refractivity contribution is 0.101. The molecule has 0 spiro atoms. The molecule has 5 nitrogen and oxygen atoms in total. The van der Waals surface area contributed by atoms with Crippen molar-refractivity contribution < 1.29 is 9.18 Å². The Morgan fingerprint density at radius 2 is 2.00 bits per heavy atom. The molecule has 0 aliphatic rings. The number of carbonyl (C=O) groups is 1. The number of nitrogens with zero attached hydrogens (tertiary/aromatic N) is 1. The Balaban J connectivity index is 2.13. The van der Waals surface area contributed by atoms with Crippen LogP contribution in [0, 0.1) is 12.7 Å². The molecule has 2 rings (SSSR count). The number of aryl methyl sites for hydroxylation is 2. The van der Waals surface area contributed by atoms with Crippen LogP contribution in [0.4, 0.5) is 15.8 Å². The first-order valence-corrected chi connectivity index (χ1v) is 8.89. The van der Waals surface area contributed by atoms with Gasteiger partial charge in [0.1, 0.15) is 11.5 Å². The van der Waals surface area contributed by atoms with Gasteiger partial charge in [-0.25, -0.2) is 9.11 Å². The summed E-state index contributed by atoms with van der Waals surface area (Å²) in [5, 5.41) is 3.06. The number of hydrogen-bond acceptors (Lipinski definition) is 4. The minimum absolute atomic E-state index is 0.0699. The highest BCUT2D eigenvalue weighted by Gasteiger charge is 2.20. The van der Waals surface area contributed by atoms with Gasteiger partial charge in [0.2, 0.25) is 0 Å². The second-order valence-corrected chi connectivity index (χ2v) is 7.78. The molecule has 0 atom stereocenters. The normalized spacial score (nSPS) is 11.5. The van der Waals surface area contributed by atoms with Crippen LogP contribution in [-0.4, -0.2) is 16.0 Å². The molecule has 0 saturated carbocycles. The van der Waals surface area contributed by atoms with Crippen LogP contribution >= 0.6 is 23.7 Å². The Labute approximate surface area is 156 Å². The van der Waals surface area contributed by atoms with Crippen LogP contribution in [0.3, 0.4) is 0 Å². The van der Waals surface area contributed by atoms with Crippen LogP contribution in [0.1, 0.15) is 36.8 Å². The number of carbonyl (C=O) groups excluding carboxylic acids is 1. The molecule has 0 aliphatic heterocycles. The average Bonchev–Trinajstić information content (AvgIpc) is 2.76. The quantitative estimate of drug-likeness (QED) is 0.651. The summed E-state index contributed by atoms with van der Waals surface area (Å²) >= 11 is 7.65. The highest BCUT2D eigenvalue weighted by atomic mass is 35.5. The van der Waals surface area contributed by atoms with E-state index in [9.17, 15) is 9.18 Å². The van der Waals surface area contributed by atoms with Gasteiger partial charge in [-0.1, -0.05) is 11.6 Å². The zero-order valence-corrected chi connectivity index (χ0v) is 16.4. The van der Waals surface area contributed by atoms with Crippen molar-refractivity contribution in [1.29, 1.82) is 0 Å². The maximum absolute atomic E-state index is 13.3. The predicted octanol–water partition coefficient (Wildman–Crippen LogP) is 4.74. The van der Waals surface area contributed by atoms with E-state index in [0.29, 0.717) is 27.7 Å². The fraction of sp³-hybridized carbons (Fsp3) is 0.353. The van der Waals surface area contributed by atoms with E-state index in [4.69, 9.17) is 11.6 Å². The Kier molecular flexibility index (Phi) is 6.03. The van der Waals surface area contributed by atoms with E-state index in [1.54, 1.807) is 30.8 Å². The van der Waals surface area contributed by atoms with E-state index in [0.717, 1.165) is 0 Å². The van der Waals surface area contributed by atoms with Gasteiger partial charge in [-0.3, -0.25) is 4.79 Å². The molecule has 8 heteroatoms. The summed E-state index contributed by atoms with van der Waals surface area (Å²) in [7, 11) is 1.74. The van der Waals surface area contributed by atoms with Gasteiger partial charge in [0.15, 0.2) is 0 Å². The SMILES string of the molecule is Cc1cc(NC(=O)c2c(Cl)c(NSNC(C)(C)C)cn2C)ccc1F. The van der Waals surface area contributed by atoms with Crippen molar-refractivity contribution in [3.8, 4) is 0 Å². The standard InChI is InChI=1S/C17H22ClFN4OS/c1-10-8-11(6-7-12(10)19)20-16(24)15-14(18)13(9-23(15)5)21-25-22-17(2,3)4/h6-9,21-22H,1-5H3,(H,20,24). The van der Waals surface area contributed by atoms with Crippen molar-refractivity contribution in [1.82, 2.24) is 9.29 Å². The molecular weight excluding hydrogens is 363 g/mol. The monoisotopic (exact) mass is 384 g/mol. The molecule has 0 bridgehead atoms. The van der Waals surface area contributed by atoms with Crippen molar-refractivity contribution in [3.05, 3.63) is 46.5 Å². The predicted molar refractivity (Wildman–Crippen MR) is 104 cm³/mol. The van der Waals surface area contributed by atoms with Crippen LogP contribution in [-0.2, 0) is 7.05 Å². The van der Waals surface area contributed by atoms with Crippen LogP contribution in [0.5, 0.6) is 0 Å². The van der Waals surface area contributed by atoms with Crippen molar-refractivity contribution in [2.24, 2.45) is 7.05 Å². The molecular formula is C17H22ClFN4OS. The molecule has 1 heterocycles. The van der Waals surface area contributed by atoms with Crippen molar-refractivity contribution in [2.75, 3.05) is 10.0 Å². The Bertz CT molecular complexity index is 786. The fourth-order valence-electron chi connectivity index (χ4n) is 2.07. The summed E-state index contributed by atoms with van der Waals surface area (Å²) in [6, 6.07) is 4.41. The van der Waals surface area contributed by atoms with E-state index in [-0.39, 0.29) is 17.3 Å². The summed E-state index contributed by atoms with van der Waals surface area (Å²) in [6.45, 7) is 7.76. The molecule has 0 aliphatic carbocycles. The van der Waals surface area contributed by atoms with Crippen molar-refractivity contribution in [3.63, 3.8) is 0 Å². The van der Waals surface area contributed by atoms with E-state index in [1.165, 1.54) is 24.3 Å². The third-order valence-corrected chi connectivity index (χ3v) is 4.69. The molecule has 0 unspecified atom stereocenters. The van der Waals surface area contributed by atoms with Crippen LogP contribution in [0.15, 0.2) is 24.4 Å². The summed E-state index contributed by atoms with van der Waals surface area (Å²) in [4.78, 5) is 12.5. The summed E-state index contributed by atoms with van der Waals surface area (Å²) in [5.74, 6) is -0.676. The number of aromatic nitrogens is 1. The first-order valence-electron chi connectivity index (χ1n) is 7.70. The minimum atomic E-state index is -0.361. The third kappa shape index (κ3) is 5.14. The van der Waals surface area contributed by atoms with Gasteiger partial charge < -0.3 is 14.6 Å². The molecule has 3 N–H and O–H groups in total. The molecule has 2 aromatic rings. The number of nitrogens with one attached hydrogen (secondary N) is 3. The summed E-state index contributed by atoms with van der Waals surface area (Å²) in [6.07, 6.45) is 1.74. The van der Waals surface area contributed by atoms with E-state index in [1.807, 2.05) is 20.8 Å². The van der Waals surface area contributed by atoms with Gasteiger partial charge in [0, 0.05) is 36.6 Å². The number of amides is 1. The van der Waals surface area contributed by atoms with Crippen molar-refractivity contribution in [2.45, 2.75) is 33.2 Å². The molecule has 1 aromatic heterocycles. The molecule has 136 valence electrons. The molecule has 0 saturated heterocycles. The number of halogens is 2. The lowest BCUT2D eigenvalue weighted by Crippen LogP contribution is -2.30. The fourth-order valence-corrected chi connectivity index (χ4v) is 3.07.